The first-order chi connectivity index (χ1) is 6.20. The first-order valence-corrected chi connectivity index (χ1v) is 5.01. The summed E-state index contributed by atoms with van der Waals surface area (Å²) < 4.78 is 5.04. The lowest BCUT2D eigenvalue weighted by Gasteiger charge is -2.11. The molecule has 13 heavy (non-hydrogen) atoms. The zero-order valence-corrected chi connectivity index (χ0v) is 8.58. The van der Waals surface area contributed by atoms with Gasteiger partial charge in [-0.05, 0) is 13.3 Å². The van der Waals surface area contributed by atoms with Gasteiger partial charge in [-0.15, -0.1) is 0 Å². The summed E-state index contributed by atoms with van der Waals surface area (Å²) in [6, 6.07) is 0. The van der Waals surface area contributed by atoms with E-state index in [2.05, 4.69) is 6.92 Å². The molecule has 0 aliphatic rings. The van der Waals surface area contributed by atoms with Crippen LogP contribution < -0.4 is 0 Å². The van der Waals surface area contributed by atoms with Crippen LogP contribution in [-0.2, 0) is 9.53 Å². The molecule has 0 saturated carbocycles. The second kappa shape index (κ2) is 8.05. The molecule has 0 radical (unpaired) electrons. The van der Waals surface area contributed by atoms with Crippen molar-refractivity contribution in [2.75, 3.05) is 6.61 Å². The number of ether oxygens (including phenoxy) is 1. The van der Waals surface area contributed by atoms with Crippen molar-refractivity contribution in [3.8, 4) is 0 Å². The van der Waals surface area contributed by atoms with Gasteiger partial charge in [0.2, 0.25) is 0 Å². The third-order valence-corrected chi connectivity index (χ3v) is 1.85. The molecule has 0 amide bonds. The molecule has 0 bridgehead atoms. The Hall–Kier alpha value is -0.570. The highest BCUT2D eigenvalue weighted by Gasteiger charge is 2.07. The summed E-state index contributed by atoms with van der Waals surface area (Å²) in [5.74, 6) is -0.144. The Labute approximate surface area is 80.1 Å². The molecule has 0 fully saturated rings. The Bertz CT molecular complexity index is 134. The van der Waals surface area contributed by atoms with Crippen molar-refractivity contribution in [2.24, 2.45) is 0 Å². The van der Waals surface area contributed by atoms with Gasteiger partial charge in [-0.3, -0.25) is 4.79 Å². The van der Waals surface area contributed by atoms with E-state index in [0.29, 0.717) is 12.8 Å². The summed E-state index contributed by atoms with van der Waals surface area (Å²) in [4.78, 5) is 11.1. The minimum atomic E-state index is -0.154. The Balaban J connectivity index is 3.38. The smallest absolute Gasteiger partial charge is 0.306 e. The zero-order chi connectivity index (χ0) is 10.1. The second-order valence-electron chi connectivity index (χ2n) is 3.27. The van der Waals surface area contributed by atoms with Crippen LogP contribution in [0, 0.1) is 0 Å². The third kappa shape index (κ3) is 7.78. The molecule has 1 atom stereocenters. The van der Waals surface area contributed by atoms with Gasteiger partial charge in [0.05, 0.1) is 0 Å². The number of rotatable bonds is 7. The Morgan fingerprint density at radius 3 is 2.69 bits per heavy atom. The lowest BCUT2D eigenvalue weighted by Crippen LogP contribution is -2.15. The third-order valence-electron chi connectivity index (χ3n) is 1.85. The minimum Gasteiger partial charge on any atom is -0.463 e. The number of aliphatic hydroxyl groups is 1. The lowest BCUT2D eigenvalue weighted by molar-refractivity contribution is -0.148. The van der Waals surface area contributed by atoms with E-state index in [1.54, 1.807) is 6.92 Å². The van der Waals surface area contributed by atoms with Crippen LogP contribution in [0.1, 0.15) is 46.0 Å². The molecule has 0 aliphatic heterocycles. The van der Waals surface area contributed by atoms with Crippen LogP contribution in [0.3, 0.4) is 0 Å². The van der Waals surface area contributed by atoms with E-state index >= 15 is 0 Å². The molecule has 3 heteroatoms. The van der Waals surface area contributed by atoms with Gasteiger partial charge in [0.1, 0.15) is 6.10 Å². The number of aliphatic hydroxyl groups excluding tert-OH is 1. The largest absolute Gasteiger partial charge is 0.463 e. The average Bonchev–Trinajstić information content (AvgIpc) is 2.05. The molecule has 3 nitrogen and oxygen atoms in total. The standard InChI is InChI=1S/C10H20O3/c1-3-4-5-6-10(12)13-9(2)7-8-11/h9,11H,3-8H2,1-2H3. The van der Waals surface area contributed by atoms with Gasteiger partial charge in [0.15, 0.2) is 0 Å². The molecule has 1 unspecified atom stereocenters. The molecular weight excluding hydrogens is 168 g/mol. The molecule has 1 N–H and O–H groups in total. The fraction of sp³-hybridized carbons (Fsp3) is 0.900. The molecule has 0 heterocycles. The molecule has 0 rings (SSSR count). The van der Waals surface area contributed by atoms with Crippen molar-refractivity contribution in [3.05, 3.63) is 0 Å². The van der Waals surface area contributed by atoms with Crippen molar-refractivity contribution in [3.63, 3.8) is 0 Å². The maximum atomic E-state index is 11.1. The maximum absolute atomic E-state index is 11.1. The predicted octanol–water partition coefficient (Wildman–Crippen LogP) is 1.88. The quantitative estimate of drug-likeness (QED) is 0.490. The predicted molar refractivity (Wildman–Crippen MR) is 51.4 cm³/mol. The molecule has 78 valence electrons. The van der Waals surface area contributed by atoms with Gasteiger partial charge in [-0.1, -0.05) is 19.8 Å². The van der Waals surface area contributed by atoms with Gasteiger partial charge >= 0.3 is 5.97 Å². The number of esters is 1. The topological polar surface area (TPSA) is 46.5 Å². The van der Waals surface area contributed by atoms with E-state index in [0.717, 1.165) is 19.3 Å². The van der Waals surface area contributed by atoms with Gasteiger partial charge in [-0.2, -0.15) is 0 Å². The molecule has 0 aromatic rings. The number of carbonyl (C=O) groups is 1. The Morgan fingerprint density at radius 1 is 1.46 bits per heavy atom. The molecule has 0 saturated heterocycles. The molecule has 0 aliphatic carbocycles. The first kappa shape index (κ1) is 12.4. The van der Waals surface area contributed by atoms with Gasteiger partial charge in [0, 0.05) is 19.4 Å². The van der Waals surface area contributed by atoms with Crippen molar-refractivity contribution >= 4 is 5.97 Å². The van der Waals surface area contributed by atoms with Crippen LogP contribution in [0.5, 0.6) is 0 Å². The van der Waals surface area contributed by atoms with Crippen LogP contribution in [0.25, 0.3) is 0 Å². The van der Waals surface area contributed by atoms with E-state index in [1.807, 2.05) is 0 Å². The van der Waals surface area contributed by atoms with E-state index in [4.69, 9.17) is 9.84 Å². The minimum absolute atomic E-state index is 0.0728. The summed E-state index contributed by atoms with van der Waals surface area (Å²) in [7, 11) is 0. The second-order valence-corrected chi connectivity index (χ2v) is 3.27. The normalized spacial score (nSPS) is 12.5. The van der Waals surface area contributed by atoms with Gasteiger partial charge < -0.3 is 9.84 Å². The van der Waals surface area contributed by atoms with Crippen LogP contribution in [0.4, 0.5) is 0 Å². The monoisotopic (exact) mass is 188 g/mol. The van der Waals surface area contributed by atoms with E-state index in [-0.39, 0.29) is 18.7 Å². The number of hydrogen-bond acceptors (Lipinski definition) is 3. The first-order valence-electron chi connectivity index (χ1n) is 5.01. The fourth-order valence-electron chi connectivity index (χ4n) is 1.04. The van der Waals surface area contributed by atoms with Crippen molar-refractivity contribution < 1.29 is 14.6 Å². The number of unbranched alkanes of at least 4 members (excludes halogenated alkanes) is 2. The highest BCUT2D eigenvalue weighted by atomic mass is 16.5. The highest BCUT2D eigenvalue weighted by molar-refractivity contribution is 5.69. The summed E-state index contributed by atoms with van der Waals surface area (Å²) in [6.45, 7) is 3.97. The van der Waals surface area contributed by atoms with E-state index in [1.165, 1.54) is 0 Å². The van der Waals surface area contributed by atoms with Crippen LogP contribution in [0.15, 0.2) is 0 Å². The van der Waals surface area contributed by atoms with Crippen molar-refractivity contribution in [1.82, 2.24) is 0 Å². The molecule has 0 aromatic heterocycles. The van der Waals surface area contributed by atoms with Crippen LogP contribution >= 0.6 is 0 Å². The molecular formula is C10H20O3. The lowest BCUT2D eigenvalue weighted by atomic mass is 10.2. The van der Waals surface area contributed by atoms with Crippen LogP contribution in [-0.4, -0.2) is 23.8 Å². The van der Waals surface area contributed by atoms with Gasteiger partial charge in [0.25, 0.3) is 0 Å². The Morgan fingerprint density at radius 2 is 2.15 bits per heavy atom. The summed E-state index contributed by atoms with van der Waals surface area (Å²) in [5.41, 5.74) is 0. The number of carbonyl (C=O) groups excluding carboxylic acids is 1. The summed E-state index contributed by atoms with van der Waals surface area (Å²) in [5, 5.41) is 8.57. The van der Waals surface area contributed by atoms with Crippen molar-refractivity contribution in [1.29, 1.82) is 0 Å². The summed E-state index contributed by atoms with van der Waals surface area (Å²) >= 11 is 0. The van der Waals surface area contributed by atoms with Crippen LogP contribution in [0.2, 0.25) is 0 Å². The van der Waals surface area contributed by atoms with Crippen molar-refractivity contribution in [2.45, 2.75) is 52.1 Å². The SMILES string of the molecule is CCCCCC(=O)OC(C)CCO. The van der Waals surface area contributed by atoms with E-state index < -0.39 is 0 Å². The average molecular weight is 188 g/mol. The Kier molecular flexibility index (Phi) is 7.69. The fourth-order valence-corrected chi connectivity index (χ4v) is 1.04. The number of hydrogen-bond donors (Lipinski definition) is 1. The highest BCUT2D eigenvalue weighted by Crippen LogP contribution is 2.04. The molecule has 0 spiro atoms. The summed E-state index contributed by atoms with van der Waals surface area (Å²) in [6.07, 6.45) is 3.96. The zero-order valence-electron chi connectivity index (χ0n) is 8.58. The van der Waals surface area contributed by atoms with Gasteiger partial charge in [-0.25, -0.2) is 0 Å². The van der Waals surface area contributed by atoms with E-state index in [9.17, 15) is 4.79 Å². The molecule has 0 aromatic carbocycles. The maximum Gasteiger partial charge on any atom is 0.306 e.